The number of aromatic nitrogens is 4. The van der Waals surface area contributed by atoms with Crippen LogP contribution < -0.4 is 0 Å². The average molecular weight is 409 g/mol. The van der Waals surface area contributed by atoms with Gasteiger partial charge in [-0.05, 0) is 47.2 Å². The average Bonchev–Trinajstić information content (AvgIpc) is 3.48. The fraction of sp³-hybridized carbons (Fsp3) is 0.300. The van der Waals surface area contributed by atoms with Gasteiger partial charge in [-0.2, -0.15) is 0 Å². The zero-order chi connectivity index (χ0) is 21.1. The van der Waals surface area contributed by atoms with Gasteiger partial charge in [0.15, 0.2) is 12.4 Å². The lowest BCUT2D eigenvalue weighted by Crippen LogP contribution is -2.28. The van der Waals surface area contributed by atoms with E-state index in [9.17, 15) is 14.4 Å². The molecule has 0 atom stereocenters. The molecule has 2 aromatic heterocycles. The minimum atomic E-state index is -0.632. The number of amides is 2. The Balaban J connectivity index is 1.45. The molecule has 0 radical (unpaired) electrons. The van der Waals surface area contributed by atoms with E-state index in [4.69, 9.17) is 9.15 Å². The molecule has 1 aromatic carbocycles. The summed E-state index contributed by atoms with van der Waals surface area (Å²) in [4.78, 5) is 38.8. The zero-order valence-corrected chi connectivity index (χ0v) is 16.3. The van der Waals surface area contributed by atoms with Crippen LogP contribution in [0.3, 0.4) is 0 Å². The van der Waals surface area contributed by atoms with Crippen LogP contribution in [0.2, 0.25) is 0 Å². The first-order valence-corrected chi connectivity index (χ1v) is 9.53. The number of esters is 1. The third-order valence-electron chi connectivity index (χ3n) is 4.76. The summed E-state index contributed by atoms with van der Waals surface area (Å²) < 4.78 is 12.1. The van der Waals surface area contributed by atoms with Crippen LogP contribution in [0.1, 0.15) is 62.4 Å². The van der Waals surface area contributed by atoms with Crippen molar-refractivity contribution >= 4 is 17.8 Å². The monoisotopic (exact) mass is 409 g/mol. The van der Waals surface area contributed by atoms with E-state index in [-0.39, 0.29) is 29.8 Å². The number of hydrogen-bond donors (Lipinski definition) is 0. The number of imide groups is 1. The molecule has 1 aliphatic rings. The first-order valence-electron chi connectivity index (χ1n) is 9.53. The summed E-state index contributed by atoms with van der Waals surface area (Å²) in [6.45, 7) is 2.63. The van der Waals surface area contributed by atoms with Gasteiger partial charge in [0.25, 0.3) is 11.8 Å². The number of unbranched alkanes of at least 4 members (excludes halogenated alkanes) is 1. The Morgan fingerprint density at radius 3 is 2.77 bits per heavy atom. The molecule has 0 spiro atoms. The summed E-state index contributed by atoms with van der Waals surface area (Å²) in [7, 11) is 0. The fourth-order valence-corrected chi connectivity index (χ4v) is 3.14. The molecule has 3 aromatic rings. The van der Waals surface area contributed by atoms with Gasteiger partial charge in [0.2, 0.25) is 0 Å². The van der Waals surface area contributed by atoms with E-state index >= 15 is 0 Å². The molecular weight excluding hydrogens is 390 g/mol. The van der Waals surface area contributed by atoms with Crippen LogP contribution in [0, 0.1) is 0 Å². The summed E-state index contributed by atoms with van der Waals surface area (Å²) >= 11 is 0. The van der Waals surface area contributed by atoms with Crippen molar-refractivity contribution in [3.63, 3.8) is 0 Å². The van der Waals surface area contributed by atoms with Crippen molar-refractivity contribution in [3.05, 3.63) is 64.9 Å². The number of furan rings is 1. The Kier molecular flexibility index (Phi) is 5.38. The zero-order valence-electron chi connectivity index (χ0n) is 16.3. The van der Waals surface area contributed by atoms with Crippen molar-refractivity contribution in [1.29, 1.82) is 0 Å². The molecule has 2 amide bonds. The second kappa shape index (κ2) is 8.27. The molecule has 0 saturated carbocycles. The van der Waals surface area contributed by atoms with Crippen LogP contribution in [-0.2, 0) is 24.4 Å². The summed E-state index contributed by atoms with van der Waals surface area (Å²) in [6, 6.07) is 7.66. The highest BCUT2D eigenvalue weighted by Crippen LogP contribution is 2.26. The minimum Gasteiger partial charge on any atom is -0.467 e. The number of benzene rings is 1. The first kappa shape index (κ1) is 19.5. The fourth-order valence-electron chi connectivity index (χ4n) is 3.14. The lowest BCUT2D eigenvalue weighted by Gasteiger charge is -2.11. The smallest absolute Gasteiger partial charge is 0.338 e. The second-order valence-electron chi connectivity index (χ2n) is 6.78. The predicted octanol–water partition coefficient (Wildman–Crippen LogP) is 2.22. The lowest BCUT2D eigenvalue weighted by atomic mass is 10.1. The van der Waals surface area contributed by atoms with E-state index in [1.807, 2.05) is 0 Å². The molecule has 0 bridgehead atoms. The van der Waals surface area contributed by atoms with Crippen molar-refractivity contribution in [3.8, 4) is 0 Å². The van der Waals surface area contributed by atoms with Gasteiger partial charge >= 0.3 is 5.97 Å². The van der Waals surface area contributed by atoms with Crippen LogP contribution in [0.5, 0.6) is 0 Å². The number of nitrogens with zero attached hydrogens (tertiary/aromatic N) is 5. The van der Waals surface area contributed by atoms with E-state index in [0.717, 1.165) is 17.7 Å². The molecule has 0 N–H and O–H groups in total. The Morgan fingerprint density at radius 1 is 1.17 bits per heavy atom. The van der Waals surface area contributed by atoms with Crippen molar-refractivity contribution in [2.45, 2.75) is 39.5 Å². The summed E-state index contributed by atoms with van der Waals surface area (Å²) in [5.41, 5.74) is 0.572. The number of fused-ring (bicyclic) bond motifs is 1. The molecule has 0 unspecified atom stereocenters. The van der Waals surface area contributed by atoms with E-state index in [1.165, 1.54) is 24.5 Å². The van der Waals surface area contributed by atoms with Crippen LogP contribution >= 0.6 is 0 Å². The van der Waals surface area contributed by atoms with Crippen LogP contribution in [-0.4, -0.2) is 42.9 Å². The second-order valence-corrected chi connectivity index (χ2v) is 6.78. The Labute approximate surface area is 171 Å². The highest BCUT2D eigenvalue weighted by molar-refractivity contribution is 6.21. The van der Waals surface area contributed by atoms with Crippen molar-refractivity contribution < 1.29 is 23.5 Å². The normalized spacial score (nSPS) is 13.0. The molecule has 0 saturated heterocycles. The van der Waals surface area contributed by atoms with Gasteiger partial charge in [-0.25, -0.2) is 9.48 Å². The predicted molar refractivity (Wildman–Crippen MR) is 101 cm³/mol. The van der Waals surface area contributed by atoms with Crippen molar-refractivity contribution in [2.75, 3.05) is 0 Å². The standard InChI is InChI=1S/C20H19N5O5/c1-2-3-8-25-17(21-22-23-25)12-30-20(28)13-6-7-15-16(10-13)19(27)24(18(15)26)11-14-5-4-9-29-14/h4-7,9-10H,2-3,8,11-12H2,1H3. The molecule has 0 fully saturated rings. The van der Waals surface area contributed by atoms with Gasteiger partial charge in [-0.1, -0.05) is 13.3 Å². The van der Waals surface area contributed by atoms with Gasteiger partial charge in [-0.15, -0.1) is 5.10 Å². The van der Waals surface area contributed by atoms with E-state index in [1.54, 1.807) is 16.8 Å². The van der Waals surface area contributed by atoms with Gasteiger partial charge < -0.3 is 9.15 Å². The minimum absolute atomic E-state index is 0.0273. The largest absolute Gasteiger partial charge is 0.467 e. The molecule has 154 valence electrons. The van der Waals surface area contributed by atoms with Crippen LogP contribution in [0.15, 0.2) is 41.0 Å². The van der Waals surface area contributed by atoms with Gasteiger partial charge in [0.05, 0.1) is 29.5 Å². The highest BCUT2D eigenvalue weighted by Gasteiger charge is 2.36. The van der Waals surface area contributed by atoms with E-state index < -0.39 is 17.8 Å². The topological polar surface area (TPSA) is 120 Å². The quantitative estimate of drug-likeness (QED) is 0.410. The summed E-state index contributed by atoms with van der Waals surface area (Å²) in [5, 5.41) is 11.4. The van der Waals surface area contributed by atoms with Crippen LogP contribution in [0.25, 0.3) is 0 Å². The summed E-state index contributed by atoms with van der Waals surface area (Å²) in [6.07, 6.45) is 3.36. The van der Waals surface area contributed by atoms with E-state index in [0.29, 0.717) is 18.1 Å². The maximum atomic E-state index is 12.7. The third-order valence-corrected chi connectivity index (χ3v) is 4.76. The molecule has 0 aliphatic carbocycles. The van der Waals surface area contributed by atoms with Crippen molar-refractivity contribution in [2.24, 2.45) is 0 Å². The molecule has 1 aliphatic heterocycles. The van der Waals surface area contributed by atoms with Gasteiger partial charge in [-0.3, -0.25) is 14.5 Å². The molecule has 10 nitrogen and oxygen atoms in total. The highest BCUT2D eigenvalue weighted by atomic mass is 16.5. The maximum Gasteiger partial charge on any atom is 0.338 e. The molecule has 10 heteroatoms. The SMILES string of the molecule is CCCCn1nnnc1COC(=O)c1ccc2c(c1)C(=O)N(Cc1ccco1)C2=O. The Hall–Kier alpha value is -3.82. The number of carbonyl (C=O) groups excluding carboxylic acids is 3. The Bertz CT molecular complexity index is 1090. The molecule has 4 rings (SSSR count). The maximum absolute atomic E-state index is 12.7. The Morgan fingerprint density at radius 2 is 2.00 bits per heavy atom. The number of rotatable bonds is 8. The third kappa shape index (κ3) is 3.71. The molecule has 30 heavy (non-hydrogen) atoms. The number of tetrazole rings is 1. The van der Waals surface area contributed by atoms with E-state index in [2.05, 4.69) is 22.4 Å². The first-order chi connectivity index (χ1) is 14.6. The van der Waals surface area contributed by atoms with Gasteiger partial charge in [0.1, 0.15) is 5.76 Å². The van der Waals surface area contributed by atoms with Crippen molar-refractivity contribution in [1.82, 2.24) is 25.1 Å². The number of aryl methyl sites for hydroxylation is 1. The van der Waals surface area contributed by atoms with Crippen LogP contribution in [0.4, 0.5) is 0 Å². The molecular formula is C20H19N5O5. The van der Waals surface area contributed by atoms with Gasteiger partial charge in [0, 0.05) is 6.54 Å². The number of carbonyl (C=O) groups is 3. The molecule has 3 heterocycles. The number of hydrogen-bond acceptors (Lipinski definition) is 8. The lowest BCUT2D eigenvalue weighted by molar-refractivity contribution is 0.0456. The number of ether oxygens (including phenoxy) is 1. The summed E-state index contributed by atoms with van der Waals surface area (Å²) in [5.74, 6) is -0.614.